The van der Waals surface area contributed by atoms with Crippen LogP contribution in [-0.2, 0) is 13.9 Å². The van der Waals surface area contributed by atoms with E-state index in [-0.39, 0.29) is 6.29 Å². The molecule has 0 spiro atoms. The highest BCUT2D eigenvalue weighted by Gasteiger charge is 2.36. The van der Waals surface area contributed by atoms with Crippen molar-refractivity contribution in [3.63, 3.8) is 0 Å². The van der Waals surface area contributed by atoms with E-state index in [2.05, 4.69) is 26.6 Å². The van der Waals surface area contributed by atoms with Gasteiger partial charge in [0.2, 0.25) is 5.79 Å². The fourth-order valence-corrected chi connectivity index (χ4v) is 2.53. The fraction of sp³-hybridized carbons (Fsp3) is 0.833. The van der Waals surface area contributed by atoms with Gasteiger partial charge >= 0.3 is 0 Å². The van der Waals surface area contributed by atoms with E-state index in [1.54, 1.807) is 0 Å². The molecule has 1 heterocycles. The average molecular weight is 244 g/mol. The third-order valence-corrected chi connectivity index (χ3v) is 3.26. The minimum absolute atomic E-state index is 0.245. The number of rotatable bonds is 3. The van der Waals surface area contributed by atoms with Crippen LogP contribution in [0.15, 0.2) is 11.3 Å². The molecule has 94 valence electrons. The molecule has 0 saturated heterocycles. The Morgan fingerprint density at radius 3 is 2.31 bits per heavy atom. The Bertz CT molecular complexity index is 289. The summed E-state index contributed by atoms with van der Waals surface area (Å²) in [6.07, 6.45) is 0.634. The van der Waals surface area contributed by atoms with Gasteiger partial charge in [-0.1, -0.05) is 6.92 Å². The van der Waals surface area contributed by atoms with Crippen LogP contribution in [0.3, 0.4) is 0 Å². The van der Waals surface area contributed by atoms with Crippen molar-refractivity contribution in [2.45, 2.75) is 65.8 Å². The lowest BCUT2D eigenvalue weighted by atomic mass is 10.1. The Labute approximate surface area is 99.9 Å². The highest BCUT2D eigenvalue weighted by molar-refractivity contribution is 6.69. The lowest BCUT2D eigenvalue weighted by molar-refractivity contribution is -0.269. The summed E-state index contributed by atoms with van der Waals surface area (Å²) in [5.41, 5.74) is 1.07. The first-order valence-corrected chi connectivity index (χ1v) is 9.30. The van der Waals surface area contributed by atoms with E-state index in [0.717, 1.165) is 17.8 Å². The zero-order valence-electron chi connectivity index (χ0n) is 11.5. The SMILES string of the molecule is CCC1=C(C)C(O[Si](C)(C)C)OC(C)(C)O1. The van der Waals surface area contributed by atoms with E-state index >= 15 is 0 Å². The van der Waals surface area contributed by atoms with E-state index in [1.807, 2.05) is 20.8 Å². The number of hydrogen-bond donors (Lipinski definition) is 0. The molecule has 0 N–H and O–H groups in total. The Morgan fingerprint density at radius 2 is 1.88 bits per heavy atom. The third-order valence-electron chi connectivity index (χ3n) is 2.33. The van der Waals surface area contributed by atoms with Crippen LogP contribution in [0.5, 0.6) is 0 Å². The van der Waals surface area contributed by atoms with Gasteiger partial charge in [0.1, 0.15) is 5.76 Å². The zero-order valence-corrected chi connectivity index (χ0v) is 12.5. The molecule has 0 fully saturated rings. The molecule has 0 aromatic rings. The first kappa shape index (κ1) is 13.7. The van der Waals surface area contributed by atoms with Crippen molar-refractivity contribution in [3.05, 3.63) is 11.3 Å². The minimum Gasteiger partial charge on any atom is -0.467 e. The van der Waals surface area contributed by atoms with Crippen LogP contribution in [0.2, 0.25) is 19.6 Å². The summed E-state index contributed by atoms with van der Waals surface area (Å²) >= 11 is 0. The van der Waals surface area contributed by atoms with Crippen molar-refractivity contribution in [1.82, 2.24) is 0 Å². The van der Waals surface area contributed by atoms with Gasteiger partial charge in [-0.2, -0.15) is 0 Å². The lowest BCUT2D eigenvalue weighted by Gasteiger charge is -2.40. The van der Waals surface area contributed by atoms with Crippen molar-refractivity contribution in [2.75, 3.05) is 0 Å². The number of ether oxygens (including phenoxy) is 2. The summed E-state index contributed by atoms with van der Waals surface area (Å²) < 4.78 is 17.6. The maximum absolute atomic E-state index is 6.04. The summed E-state index contributed by atoms with van der Waals surface area (Å²) in [6.45, 7) is 14.5. The minimum atomic E-state index is -1.61. The van der Waals surface area contributed by atoms with Gasteiger partial charge in [-0.25, -0.2) is 0 Å². The molecule has 0 aromatic carbocycles. The lowest BCUT2D eigenvalue weighted by Crippen LogP contribution is -2.44. The van der Waals surface area contributed by atoms with Crippen LogP contribution in [0.1, 0.15) is 34.1 Å². The smallest absolute Gasteiger partial charge is 0.207 e. The van der Waals surface area contributed by atoms with Gasteiger partial charge in [0.05, 0.1) is 0 Å². The molecular formula is C12H24O3Si. The normalized spacial score (nSPS) is 25.6. The summed E-state index contributed by atoms with van der Waals surface area (Å²) in [6, 6.07) is 0. The van der Waals surface area contributed by atoms with Crippen molar-refractivity contribution in [1.29, 1.82) is 0 Å². The summed E-state index contributed by atoms with van der Waals surface area (Å²) in [4.78, 5) is 0. The third kappa shape index (κ3) is 3.61. The second-order valence-corrected chi connectivity index (χ2v) is 10.1. The molecule has 0 bridgehead atoms. The topological polar surface area (TPSA) is 27.7 Å². The molecule has 1 rings (SSSR count). The number of hydrogen-bond acceptors (Lipinski definition) is 3. The molecule has 1 atom stereocenters. The molecule has 1 aliphatic heterocycles. The quantitative estimate of drug-likeness (QED) is 0.710. The Kier molecular flexibility index (Phi) is 3.87. The van der Waals surface area contributed by atoms with E-state index in [9.17, 15) is 0 Å². The largest absolute Gasteiger partial charge is 0.467 e. The summed E-state index contributed by atoms with van der Waals surface area (Å²) in [5, 5.41) is 0. The Morgan fingerprint density at radius 1 is 1.31 bits per heavy atom. The first-order chi connectivity index (χ1) is 7.14. The standard InChI is InChI=1S/C12H24O3Si/c1-8-10-9(2)11(15-16(5,6)7)14-12(3,4)13-10/h11H,8H2,1-7H3. The molecule has 0 aromatic heterocycles. The van der Waals surface area contributed by atoms with Gasteiger partial charge in [0, 0.05) is 25.8 Å². The molecular weight excluding hydrogens is 220 g/mol. The van der Waals surface area contributed by atoms with Crippen LogP contribution < -0.4 is 0 Å². The molecule has 0 amide bonds. The molecule has 3 nitrogen and oxygen atoms in total. The molecule has 16 heavy (non-hydrogen) atoms. The molecule has 0 radical (unpaired) electrons. The van der Waals surface area contributed by atoms with Crippen molar-refractivity contribution in [2.24, 2.45) is 0 Å². The summed E-state index contributed by atoms with van der Waals surface area (Å²) in [7, 11) is -1.61. The van der Waals surface area contributed by atoms with Crippen LogP contribution in [0.25, 0.3) is 0 Å². The number of allylic oxidation sites excluding steroid dienone is 1. The fourth-order valence-electron chi connectivity index (χ4n) is 1.66. The maximum Gasteiger partial charge on any atom is 0.207 e. The molecule has 1 unspecified atom stereocenters. The van der Waals surface area contributed by atoms with Gasteiger partial charge in [-0.05, 0) is 26.6 Å². The zero-order chi connectivity index (χ0) is 12.6. The van der Waals surface area contributed by atoms with Gasteiger partial charge in [0.25, 0.3) is 0 Å². The van der Waals surface area contributed by atoms with Crippen molar-refractivity contribution >= 4 is 8.32 Å². The Balaban J connectivity index is 2.91. The van der Waals surface area contributed by atoms with Crippen molar-refractivity contribution in [3.8, 4) is 0 Å². The van der Waals surface area contributed by atoms with E-state index in [1.165, 1.54) is 0 Å². The highest BCUT2D eigenvalue weighted by Crippen LogP contribution is 2.33. The van der Waals surface area contributed by atoms with Gasteiger partial charge in [0.15, 0.2) is 14.6 Å². The molecule has 0 aliphatic carbocycles. The predicted molar refractivity (Wildman–Crippen MR) is 67.5 cm³/mol. The molecule has 1 aliphatic rings. The predicted octanol–water partition coefficient (Wildman–Crippen LogP) is 3.63. The average Bonchev–Trinajstić information content (AvgIpc) is 2.07. The Hall–Kier alpha value is -0.323. The van der Waals surface area contributed by atoms with Crippen LogP contribution in [0, 0.1) is 0 Å². The van der Waals surface area contributed by atoms with Crippen LogP contribution in [0.4, 0.5) is 0 Å². The molecule has 4 heteroatoms. The van der Waals surface area contributed by atoms with Crippen LogP contribution >= 0.6 is 0 Å². The summed E-state index contributed by atoms with van der Waals surface area (Å²) in [5.74, 6) is 0.411. The van der Waals surface area contributed by atoms with Crippen molar-refractivity contribution < 1.29 is 13.9 Å². The van der Waals surface area contributed by atoms with E-state index < -0.39 is 14.1 Å². The van der Waals surface area contributed by atoms with E-state index in [0.29, 0.717) is 0 Å². The van der Waals surface area contributed by atoms with Gasteiger partial charge in [-0.15, -0.1) is 0 Å². The maximum atomic E-state index is 6.04. The van der Waals surface area contributed by atoms with E-state index in [4.69, 9.17) is 13.9 Å². The monoisotopic (exact) mass is 244 g/mol. The van der Waals surface area contributed by atoms with Gasteiger partial charge < -0.3 is 13.9 Å². The first-order valence-electron chi connectivity index (χ1n) is 5.89. The van der Waals surface area contributed by atoms with Crippen LogP contribution in [-0.4, -0.2) is 20.4 Å². The molecule has 0 saturated carbocycles. The second kappa shape index (κ2) is 4.51. The highest BCUT2D eigenvalue weighted by atomic mass is 28.4. The van der Waals surface area contributed by atoms with Gasteiger partial charge in [-0.3, -0.25) is 0 Å². The second-order valence-electron chi connectivity index (χ2n) is 5.64.